The highest BCUT2D eigenvalue weighted by Gasteiger charge is 2.25. The molecule has 2 nitrogen and oxygen atoms in total. The average molecular weight is 338 g/mol. The highest BCUT2D eigenvalue weighted by atomic mass is 35.5. The average Bonchev–Trinajstić information content (AvgIpc) is 2.39. The first kappa shape index (κ1) is 18.1. The molecule has 2 rings (SSSR count). The van der Waals surface area contributed by atoms with E-state index in [1.165, 1.54) is 18.4 Å². The van der Waals surface area contributed by atoms with Gasteiger partial charge >= 0.3 is 0 Å². The molecular formula is C15H23Cl3N2. The van der Waals surface area contributed by atoms with Crippen molar-refractivity contribution in [1.29, 1.82) is 0 Å². The third kappa shape index (κ3) is 4.51. The molecule has 0 aliphatic carbocycles. The minimum absolute atomic E-state index is 0. The molecule has 2 unspecified atom stereocenters. The predicted octanol–water partition coefficient (Wildman–Crippen LogP) is 4.41. The maximum atomic E-state index is 6.32. The van der Waals surface area contributed by atoms with Gasteiger partial charge in [0.25, 0.3) is 0 Å². The molecule has 114 valence electrons. The Morgan fingerprint density at radius 3 is 2.80 bits per heavy atom. The number of hydrogen-bond acceptors (Lipinski definition) is 2. The van der Waals surface area contributed by atoms with Gasteiger partial charge in [0.1, 0.15) is 0 Å². The van der Waals surface area contributed by atoms with Gasteiger partial charge in [-0.1, -0.05) is 29.3 Å². The number of halogens is 3. The number of piperidine rings is 1. The zero-order valence-corrected chi connectivity index (χ0v) is 14.4. The molecule has 1 N–H and O–H groups in total. The summed E-state index contributed by atoms with van der Waals surface area (Å²) < 4.78 is 0. The summed E-state index contributed by atoms with van der Waals surface area (Å²) in [6.45, 7) is 5.62. The van der Waals surface area contributed by atoms with Gasteiger partial charge in [0, 0.05) is 22.6 Å². The van der Waals surface area contributed by atoms with E-state index in [1.54, 1.807) is 0 Å². The van der Waals surface area contributed by atoms with Crippen molar-refractivity contribution in [2.75, 3.05) is 26.7 Å². The Balaban J connectivity index is 0.00000200. The summed E-state index contributed by atoms with van der Waals surface area (Å²) >= 11 is 12.3. The van der Waals surface area contributed by atoms with Crippen LogP contribution in [-0.2, 0) is 0 Å². The van der Waals surface area contributed by atoms with Gasteiger partial charge in [-0.25, -0.2) is 0 Å². The Hall–Kier alpha value is 0.01000. The molecule has 20 heavy (non-hydrogen) atoms. The highest BCUT2D eigenvalue weighted by molar-refractivity contribution is 6.35. The van der Waals surface area contributed by atoms with Crippen LogP contribution >= 0.6 is 35.6 Å². The summed E-state index contributed by atoms with van der Waals surface area (Å²) in [5.74, 6) is 0.743. The molecule has 0 spiro atoms. The first-order chi connectivity index (χ1) is 9.11. The second-order valence-corrected chi connectivity index (χ2v) is 6.25. The molecule has 0 amide bonds. The smallest absolute Gasteiger partial charge is 0.0468 e. The summed E-state index contributed by atoms with van der Waals surface area (Å²) in [7, 11) is 2.03. The second-order valence-electron chi connectivity index (χ2n) is 5.40. The van der Waals surface area contributed by atoms with Crippen LogP contribution in [-0.4, -0.2) is 31.6 Å². The maximum Gasteiger partial charge on any atom is 0.0468 e. The standard InChI is InChI=1S/C15H22Cl2N2.ClH/c1-11(14-6-5-13(16)8-15(14)17)19-7-3-4-12(10-19)9-18-2;/h5-6,8,11-12,18H,3-4,7,9-10H2,1-2H3;1H. The van der Waals surface area contributed by atoms with E-state index in [2.05, 4.69) is 23.2 Å². The van der Waals surface area contributed by atoms with Crippen LogP contribution in [0, 0.1) is 5.92 Å². The van der Waals surface area contributed by atoms with Crippen LogP contribution in [0.2, 0.25) is 10.0 Å². The molecule has 0 aromatic heterocycles. The molecule has 0 saturated carbocycles. The summed E-state index contributed by atoms with van der Waals surface area (Å²) in [5, 5.41) is 4.76. The number of rotatable bonds is 4. The van der Waals surface area contributed by atoms with Gasteiger partial charge in [0.15, 0.2) is 0 Å². The van der Waals surface area contributed by atoms with Crippen molar-refractivity contribution in [3.8, 4) is 0 Å². The number of likely N-dealkylation sites (tertiary alicyclic amines) is 1. The Kier molecular flexibility index (Phi) is 7.63. The van der Waals surface area contributed by atoms with Crippen LogP contribution in [0.1, 0.15) is 31.4 Å². The molecular weight excluding hydrogens is 315 g/mol. The molecule has 1 aliphatic heterocycles. The Morgan fingerprint density at radius 1 is 1.40 bits per heavy atom. The lowest BCUT2D eigenvalue weighted by molar-refractivity contribution is 0.131. The van der Waals surface area contributed by atoms with Gasteiger partial charge in [-0.15, -0.1) is 12.4 Å². The van der Waals surface area contributed by atoms with Crippen molar-refractivity contribution in [2.24, 2.45) is 5.92 Å². The number of hydrogen-bond donors (Lipinski definition) is 1. The summed E-state index contributed by atoms with van der Waals surface area (Å²) in [6.07, 6.45) is 2.58. The topological polar surface area (TPSA) is 15.3 Å². The highest BCUT2D eigenvalue weighted by Crippen LogP contribution is 2.32. The van der Waals surface area contributed by atoms with E-state index in [-0.39, 0.29) is 12.4 Å². The van der Waals surface area contributed by atoms with E-state index in [0.29, 0.717) is 11.1 Å². The first-order valence-corrected chi connectivity index (χ1v) is 7.71. The number of nitrogens with one attached hydrogen (secondary N) is 1. The molecule has 1 aromatic rings. The SMILES string of the molecule is CNCC1CCCN(C(C)c2ccc(Cl)cc2Cl)C1.Cl. The van der Waals surface area contributed by atoms with Gasteiger partial charge in [0.05, 0.1) is 0 Å². The third-order valence-electron chi connectivity index (χ3n) is 4.00. The van der Waals surface area contributed by atoms with Crippen molar-refractivity contribution in [3.05, 3.63) is 33.8 Å². The zero-order valence-electron chi connectivity index (χ0n) is 12.0. The van der Waals surface area contributed by atoms with Gasteiger partial charge < -0.3 is 5.32 Å². The van der Waals surface area contributed by atoms with E-state index in [4.69, 9.17) is 23.2 Å². The normalized spacial score (nSPS) is 21.3. The van der Waals surface area contributed by atoms with E-state index in [1.807, 2.05) is 19.2 Å². The fourth-order valence-electron chi connectivity index (χ4n) is 2.94. The van der Waals surface area contributed by atoms with E-state index >= 15 is 0 Å². The van der Waals surface area contributed by atoms with Crippen LogP contribution in [0.15, 0.2) is 18.2 Å². The summed E-state index contributed by atoms with van der Waals surface area (Å²) in [4.78, 5) is 2.53. The lowest BCUT2D eigenvalue weighted by atomic mass is 9.95. The molecule has 5 heteroatoms. The minimum Gasteiger partial charge on any atom is -0.319 e. The second kappa shape index (κ2) is 8.45. The number of nitrogens with zero attached hydrogens (tertiary/aromatic N) is 1. The Labute approximate surface area is 138 Å². The monoisotopic (exact) mass is 336 g/mol. The Bertz CT molecular complexity index is 424. The molecule has 0 radical (unpaired) electrons. The Morgan fingerprint density at radius 2 is 2.15 bits per heavy atom. The molecule has 1 aromatic carbocycles. The molecule has 2 atom stereocenters. The van der Waals surface area contributed by atoms with Gasteiger partial charge in [-0.2, -0.15) is 0 Å². The largest absolute Gasteiger partial charge is 0.319 e. The molecule has 1 heterocycles. The first-order valence-electron chi connectivity index (χ1n) is 6.95. The zero-order chi connectivity index (χ0) is 13.8. The fraction of sp³-hybridized carbons (Fsp3) is 0.600. The van der Waals surface area contributed by atoms with Crippen LogP contribution < -0.4 is 5.32 Å². The van der Waals surface area contributed by atoms with Crippen LogP contribution in [0.3, 0.4) is 0 Å². The van der Waals surface area contributed by atoms with Crippen LogP contribution in [0.5, 0.6) is 0 Å². The van der Waals surface area contributed by atoms with Crippen molar-refractivity contribution in [1.82, 2.24) is 10.2 Å². The van der Waals surface area contributed by atoms with E-state index in [9.17, 15) is 0 Å². The van der Waals surface area contributed by atoms with Crippen molar-refractivity contribution in [3.63, 3.8) is 0 Å². The number of benzene rings is 1. The van der Waals surface area contributed by atoms with Crippen LogP contribution in [0.25, 0.3) is 0 Å². The summed E-state index contributed by atoms with van der Waals surface area (Å²) in [5.41, 5.74) is 1.18. The quantitative estimate of drug-likeness (QED) is 0.875. The van der Waals surface area contributed by atoms with Crippen molar-refractivity contribution >= 4 is 35.6 Å². The lowest BCUT2D eigenvalue weighted by Crippen LogP contribution is -2.40. The minimum atomic E-state index is 0. The van der Waals surface area contributed by atoms with Gasteiger partial charge in [0.2, 0.25) is 0 Å². The van der Waals surface area contributed by atoms with Gasteiger partial charge in [-0.3, -0.25) is 4.90 Å². The van der Waals surface area contributed by atoms with E-state index < -0.39 is 0 Å². The van der Waals surface area contributed by atoms with Crippen LogP contribution in [0.4, 0.5) is 0 Å². The fourth-order valence-corrected chi connectivity index (χ4v) is 3.51. The lowest BCUT2D eigenvalue weighted by Gasteiger charge is -2.37. The molecule has 1 fully saturated rings. The van der Waals surface area contributed by atoms with E-state index in [0.717, 1.165) is 30.6 Å². The van der Waals surface area contributed by atoms with Crippen molar-refractivity contribution in [2.45, 2.75) is 25.8 Å². The maximum absolute atomic E-state index is 6.32. The summed E-state index contributed by atoms with van der Waals surface area (Å²) in [6, 6.07) is 6.17. The predicted molar refractivity (Wildman–Crippen MR) is 90.3 cm³/mol. The van der Waals surface area contributed by atoms with Gasteiger partial charge in [-0.05, 0) is 63.5 Å². The van der Waals surface area contributed by atoms with Crippen molar-refractivity contribution < 1.29 is 0 Å². The molecule has 0 bridgehead atoms. The third-order valence-corrected chi connectivity index (χ3v) is 4.57. The molecule has 1 aliphatic rings. The molecule has 1 saturated heterocycles.